The van der Waals surface area contributed by atoms with Gasteiger partial charge < -0.3 is 5.32 Å². The molecular formula is C14H21N3. The molecule has 2 aromatic heterocycles. The van der Waals surface area contributed by atoms with E-state index in [1.54, 1.807) is 0 Å². The van der Waals surface area contributed by atoms with Gasteiger partial charge in [-0.05, 0) is 36.2 Å². The van der Waals surface area contributed by atoms with Crippen molar-refractivity contribution in [1.82, 2.24) is 14.9 Å². The lowest BCUT2D eigenvalue weighted by atomic mass is 9.86. The summed E-state index contributed by atoms with van der Waals surface area (Å²) >= 11 is 0. The summed E-state index contributed by atoms with van der Waals surface area (Å²) in [4.78, 5) is 0. The summed E-state index contributed by atoms with van der Waals surface area (Å²) in [5, 5.41) is 7.67. The van der Waals surface area contributed by atoms with Crippen molar-refractivity contribution in [3.05, 3.63) is 35.7 Å². The molecule has 2 heterocycles. The molecule has 0 saturated heterocycles. The fraction of sp³-hybridized carbons (Fsp3) is 0.500. The second-order valence-corrected chi connectivity index (χ2v) is 5.47. The van der Waals surface area contributed by atoms with Gasteiger partial charge in [0.2, 0.25) is 0 Å². The molecule has 0 bridgehead atoms. The van der Waals surface area contributed by atoms with Crippen molar-refractivity contribution >= 4 is 5.52 Å². The molecule has 92 valence electrons. The highest BCUT2D eigenvalue weighted by atomic mass is 15.2. The van der Waals surface area contributed by atoms with Crippen LogP contribution in [-0.2, 0) is 11.8 Å². The highest BCUT2D eigenvalue weighted by molar-refractivity contribution is 5.54. The summed E-state index contributed by atoms with van der Waals surface area (Å²) in [6.45, 7) is 7.74. The zero-order chi connectivity index (χ0) is 12.5. The second kappa shape index (κ2) is 4.49. The summed E-state index contributed by atoms with van der Waals surface area (Å²) in [7, 11) is 1.99. The van der Waals surface area contributed by atoms with Crippen LogP contribution < -0.4 is 5.32 Å². The van der Waals surface area contributed by atoms with Crippen molar-refractivity contribution in [2.75, 3.05) is 13.6 Å². The van der Waals surface area contributed by atoms with E-state index < -0.39 is 0 Å². The Morgan fingerprint density at radius 1 is 1.35 bits per heavy atom. The van der Waals surface area contributed by atoms with Crippen LogP contribution in [0.25, 0.3) is 5.52 Å². The number of aromatic nitrogens is 2. The molecule has 0 saturated carbocycles. The van der Waals surface area contributed by atoms with Crippen LogP contribution >= 0.6 is 0 Å². The van der Waals surface area contributed by atoms with Gasteiger partial charge in [-0.2, -0.15) is 5.10 Å². The standard InChI is InChI=1S/C14H21N3/c1-14(2,3)12-10-11-6-5-8-16-17(11)13(12)7-9-15-4/h5-6,8,10,15H,7,9H2,1-4H3. The van der Waals surface area contributed by atoms with Gasteiger partial charge in [0, 0.05) is 24.9 Å². The molecule has 2 aromatic rings. The van der Waals surface area contributed by atoms with E-state index in [9.17, 15) is 0 Å². The van der Waals surface area contributed by atoms with Gasteiger partial charge in [0.05, 0.1) is 5.52 Å². The van der Waals surface area contributed by atoms with E-state index in [0.717, 1.165) is 13.0 Å². The van der Waals surface area contributed by atoms with Crippen molar-refractivity contribution in [3.63, 3.8) is 0 Å². The number of hydrogen-bond acceptors (Lipinski definition) is 2. The van der Waals surface area contributed by atoms with Gasteiger partial charge in [0.15, 0.2) is 0 Å². The molecule has 17 heavy (non-hydrogen) atoms. The summed E-state index contributed by atoms with van der Waals surface area (Å²) in [6.07, 6.45) is 2.86. The molecule has 0 aliphatic rings. The molecule has 2 rings (SSSR count). The predicted octanol–water partition coefficient (Wildman–Crippen LogP) is 2.39. The van der Waals surface area contributed by atoms with E-state index >= 15 is 0 Å². The van der Waals surface area contributed by atoms with Gasteiger partial charge >= 0.3 is 0 Å². The highest BCUT2D eigenvalue weighted by Crippen LogP contribution is 2.28. The molecule has 0 aliphatic heterocycles. The minimum Gasteiger partial charge on any atom is -0.319 e. The summed E-state index contributed by atoms with van der Waals surface area (Å²) in [5.74, 6) is 0. The lowest BCUT2D eigenvalue weighted by Gasteiger charge is -2.19. The monoisotopic (exact) mass is 231 g/mol. The van der Waals surface area contributed by atoms with Crippen LogP contribution in [0, 0.1) is 0 Å². The number of rotatable bonds is 3. The van der Waals surface area contributed by atoms with Gasteiger partial charge in [0.1, 0.15) is 0 Å². The van der Waals surface area contributed by atoms with Crippen molar-refractivity contribution in [3.8, 4) is 0 Å². The smallest absolute Gasteiger partial charge is 0.0653 e. The fourth-order valence-electron chi connectivity index (χ4n) is 2.20. The van der Waals surface area contributed by atoms with E-state index in [4.69, 9.17) is 0 Å². The molecule has 3 nitrogen and oxygen atoms in total. The van der Waals surface area contributed by atoms with E-state index in [0.29, 0.717) is 0 Å². The fourth-order valence-corrected chi connectivity index (χ4v) is 2.20. The number of fused-ring (bicyclic) bond motifs is 1. The van der Waals surface area contributed by atoms with Crippen LogP contribution in [0.4, 0.5) is 0 Å². The Morgan fingerprint density at radius 2 is 2.12 bits per heavy atom. The van der Waals surface area contributed by atoms with Gasteiger partial charge in [-0.25, -0.2) is 4.52 Å². The second-order valence-electron chi connectivity index (χ2n) is 5.47. The summed E-state index contributed by atoms with van der Waals surface area (Å²) < 4.78 is 2.07. The van der Waals surface area contributed by atoms with E-state index in [1.807, 2.05) is 19.3 Å². The van der Waals surface area contributed by atoms with Crippen LogP contribution in [-0.4, -0.2) is 23.2 Å². The Bertz CT molecular complexity index is 506. The molecule has 0 spiro atoms. The van der Waals surface area contributed by atoms with Gasteiger partial charge in [-0.3, -0.25) is 0 Å². The average molecular weight is 231 g/mol. The first-order valence-corrected chi connectivity index (χ1v) is 6.15. The third-order valence-corrected chi connectivity index (χ3v) is 3.06. The zero-order valence-corrected chi connectivity index (χ0v) is 11.1. The quantitative estimate of drug-likeness (QED) is 0.879. The Morgan fingerprint density at radius 3 is 2.76 bits per heavy atom. The van der Waals surface area contributed by atoms with E-state index in [-0.39, 0.29) is 5.41 Å². The molecule has 0 atom stereocenters. The number of hydrogen-bond donors (Lipinski definition) is 1. The highest BCUT2D eigenvalue weighted by Gasteiger charge is 2.21. The van der Waals surface area contributed by atoms with E-state index in [2.05, 4.69) is 47.8 Å². The third-order valence-electron chi connectivity index (χ3n) is 3.06. The first kappa shape index (κ1) is 12.1. The predicted molar refractivity (Wildman–Crippen MR) is 71.5 cm³/mol. The maximum atomic E-state index is 4.46. The molecule has 1 N–H and O–H groups in total. The lowest BCUT2D eigenvalue weighted by Crippen LogP contribution is -2.18. The van der Waals surface area contributed by atoms with E-state index in [1.165, 1.54) is 16.8 Å². The third kappa shape index (κ3) is 2.34. The molecule has 0 amide bonds. The molecule has 0 aliphatic carbocycles. The Balaban J connectivity index is 2.57. The molecule has 0 unspecified atom stereocenters. The summed E-state index contributed by atoms with van der Waals surface area (Å²) in [5.41, 5.74) is 4.06. The molecular weight excluding hydrogens is 210 g/mol. The molecule has 0 fully saturated rings. The topological polar surface area (TPSA) is 29.3 Å². The first-order chi connectivity index (χ1) is 8.04. The van der Waals surface area contributed by atoms with Gasteiger partial charge in [-0.1, -0.05) is 20.8 Å². The van der Waals surface area contributed by atoms with Crippen molar-refractivity contribution in [2.24, 2.45) is 0 Å². The van der Waals surface area contributed by atoms with Gasteiger partial charge in [0.25, 0.3) is 0 Å². The maximum Gasteiger partial charge on any atom is 0.0653 e. The first-order valence-electron chi connectivity index (χ1n) is 6.15. The largest absolute Gasteiger partial charge is 0.319 e. The zero-order valence-electron chi connectivity index (χ0n) is 11.1. The van der Waals surface area contributed by atoms with Crippen molar-refractivity contribution in [1.29, 1.82) is 0 Å². The number of nitrogens with one attached hydrogen (secondary N) is 1. The molecule has 0 radical (unpaired) electrons. The SMILES string of the molecule is CNCCc1c(C(C)(C)C)cc2cccnn12. The Kier molecular flexibility index (Phi) is 3.20. The van der Waals surface area contributed by atoms with Crippen LogP contribution in [0.2, 0.25) is 0 Å². The van der Waals surface area contributed by atoms with Crippen molar-refractivity contribution < 1.29 is 0 Å². The maximum absolute atomic E-state index is 4.46. The minimum atomic E-state index is 0.163. The number of likely N-dealkylation sites (N-methyl/N-ethyl adjacent to an activating group) is 1. The van der Waals surface area contributed by atoms with Crippen LogP contribution in [0.3, 0.4) is 0 Å². The Labute approximate surface area is 103 Å². The van der Waals surface area contributed by atoms with Crippen LogP contribution in [0.15, 0.2) is 24.4 Å². The van der Waals surface area contributed by atoms with Gasteiger partial charge in [-0.15, -0.1) is 0 Å². The van der Waals surface area contributed by atoms with Crippen LogP contribution in [0.1, 0.15) is 32.0 Å². The summed E-state index contributed by atoms with van der Waals surface area (Å²) in [6, 6.07) is 6.37. The number of nitrogens with zero attached hydrogens (tertiary/aromatic N) is 2. The minimum absolute atomic E-state index is 0.163. The normalized spacial score (nSPS) is 12.2. The molecule has 0 aromatic carbocycles. The van der Waals surface area contributed by atoms with Crippen molar-refractivity contribution in [2.45, 2.75) is 32.6 Å². The Hall–Kier alpha value is -1.35. The lowest BCUT2D eigenvalue weighted by molar-refractivity contribution is 0.576. The molecule has 3 heteroatoms. The van der Waals surface area contributed by atoms with Crippen LogP contribution in [0.5, 0.6) is 0 Å². The average Bonchev–Trinajstić information content (AvgIpc) is 2.65.